The SMILES string of the molecule is Cc1c(C(C)NCc2ccoc2)cnn1-c1ccc(F)cc1F. The second-order valence-electron chi connectivity index (χ2n) is 5.43. The van der Waals surface area contributed by atoms with Gasteiger partial charge in [0.25, 0.3) is 0 Å². The molecule has 6 heteroatoms. The Morgan fingerprint density at radius 2 is 2.13 bits per heavy atom. The lowest BCUT2D eigenvalue weighted by Gasteiger charge is -2.13. The molecule has 0 fully saturated rings. The largest absolute Gasteiger partial charge is 0.472 e. The zero-order valence-corrected chi connectivity index (χ0v) is 12.9. The van der Waals surface area contributed by atoms with Gasteiger partial charge in [-0.1, -0.05) is 0 Å². The maximum absolute atomic E-state index is 13.9. The van der Waals surface area contributed by atoms with E-state index >= 15 is 0 Å². The first-order valence-electron chi connectivity index (χ1n) is 7.30. The summed E-state index contributed by atoms with van der Waals surface area (Å²) in [5.74, 6) is -1.24. The molecule has 3 rings (SSSR count). The number of nitrogens with one attached hydrogen (secondary N) is 1. The molecule has 0 aliphatic carbocycles. The summed E-state index contributed by atoms with van der Waals surface area (Å²) in [6, 6.07) is 5.39. The van der Waals surface area contributed by atoms with Gasteiger partial charge in [0.1, 0.15) is 11.5 Å². The molecule has 1 N–H and O–H groups in total. The summed E-state index contributed by atoms with van der Waals surface area (Å²) in [7, 11) is 0. The molecule has 0 aliphatic rings. The molecule has 0 saturated heterocycles. The van der Waals surface area contributed by atoms with Crippen molar-refractivity contribution in [3.05, 3.63) is 71.4 Å². The fraction of sp³-hybridized carbons (Fsp3) is 0.235. The van der Waals surface area contributed by atoms with Gasteiger partial charge in [-0.25, -0.2) is 13.5 Å². The van der Waals surface area contributed by atoms with Crippen LogP contribution in [0.4, 0.5) is 8.78 Å². The summed E-state index contributed by atoms with van der Waals surface area (Å²) in [4.78, 5) is 0. The molecule has 0 aliphatic heterocycles. The fourth-order valence-electron chi connectivity index (χ4n) is 2.52. The first-order valence-corrected chi connectivity index (χ1v) is 7.30. The Hall–Kier alpha value is -2.47. The average molecular weight is 317 g/mol. The van der Waals surface area contributed by atoms with Crippen molar-refractivity contribution in [3.63, 3.8) is 0 Å². The van der Waals surface area contributed by atoms with Crippen LogP contribution in [-0.4, -0.2) is 9.78 Å². The third-order valence-electron chi connectivity index (χ3n) is 3.84. The van der Waals surface area contributed by atoms with E-state index in [2.05, 4.69) is 10.4 Å². The zero-order chi connectivity index (χ0) is 16.4. The van der Waals surface area contributed by atoms with E-state index in [0.29, 0.717) is 6.54 Å². The lowest BCUT2D eigenvalue weighted by molar-refractivity contribution is 0.545. The van der Waals surface area contributed by atoms with Crippen molar-refractivity contribution in [2.75, 3.05) is 0 Å². The van der Waals surface area contributed by atoms with Gasteiger partial charge >= 0.3 is 0 Å². The summed E-state index contributed by atoms with van der Waals surface area (Å²) in [5, 5.41) is 7.60. The molecule has 0 bridgehead atoms. The van der Waals surface area contributed by atoms with Crippen LogP contribution in [-0.2, 0) is 6.54 Å². The van der Waals surface area contributed by atoms with Gasteiger partial charge < -0.3 is 9.73 Å². The van der Waals surface area contributed by atoms with Crippen LogP contribution < -0.4 is 5.32 Å². The van der Waals surface area contributed by atoms with Gasteiger partial charge in [0.05, 0.1) is 18.7 Å². The Bertz CT molecular complexity index is 796. The number of hydrogen-bond donors (Lipinski definition) is 1. The first-order chi connectivity index (χ1) is 11.1. The van der Waals surface area contributed by atoms with Gasteiger partial charge in [-0.15, -0.1) is 0 Å². The van der Waals surface area contributed by atoms with Crippen LogP contribution in [0.25, 0.3) is 5.69 Å². The summed E-state index contributed by atoms with van der Waals surface area (Å²) in [5.41, 5.74) is 3.04. The molecule has 0 spiro atoms. The van der Waals surface area contributed by atoms with Gasteiger partial charge in [-0.2, -0.15) is 5.10 Å². The van der Waals surface area contributed by atoms with Crippen LogP contribution in [0.1, 0.15) is 29.8 Å². The van der Waals surface area contributed by atoms with Gasteiger partial charge in [0.2, 0.25) is 0 Å². The van der Waals surface area contributed by atoms with Crippen molar-refractivity contribution < 1.29 is 13.2 Å². The summed E-state index contributed by atoms with van der Waals surface area (Å²) >= 11 is 0. The smallest absolute Gasteiger partial charge is 0.151 e. The molecule has 4 nitrogen and oxygen atoms in total. The van der Waals surface area contributed by atoms with Crippen molar-refractivity contribution in [1.29, 1.82) is 0 Å². The molecule has 23 heavy (non-hydrogen) atoms. The van der Waals surface area contributed by atoms with Gasteiger partial charge in [-0.3, -0.25) is 0 Å². The first kappa shape index (κ1) is 15.4. The molecule has 3 aromatic rings. The molecule has 1 unspecified atom stereocenters. The minimum atomic E-state index is -0.637. The monoisotopic (exact) mass is 317 g/mol. The molecule has 1 atom stereocenters. The Labute approximate surface area is 132 Å². The van der Waals surface area contributed by atoms with Crippen LogP contribution in [0, 0.1) is 18.6 Å². The van der Waals surface area contributed by atoms with Crippen molar-refractivity contribution in [2.24, 2.45) is 0 Å². The summed E-state index contributed by atoms with van der Waals surface area (Å²) < 4.78 is 33.5. The number of halogens is 2. The van der Waals surface area contributed by atoms with E-state index in [1.54, 1.807) is 18.7 Å². The summed E-state index contributed by atoms with van der Waals surface area (Å²) in [6.45, 7) is 4.53. The lowest BCUT2D eigenvalue weighted by Crippen LogP contribution is -2.18. The minimum absolute atomic E-state index is 0.0298. The molecule has 120 valence electrons. The highest BCUT2D eigenvalue weighted by atomic mass is 19.1. The minimum Gasteiger partial charge on any atom is -0.472 e. The van der Waals surface area contributed by atoms with Crippen molar-refractivity contribution in [2.45, 2.75) is 26.4 Å². The van der Waals surface area contributed by atoms with Gasteiger partial charge in [0, 0.05) is 35.5 Å². The topological polar surface area (TPSA) is 43.0 Å². The number of benzene rings is 1. The maximum Gasteiger partial charge on any atom is 0.151 e. The Morgan fingerprint density at radius 1 is 1.30 bits per heavy atom. The van der Waals surface area contributed by atoms with Crippen LogP contribution in [0.5, 0.6) is 0 Å². The Balaban J connectivity index is 1.81. The predicted octanol–water partition coefficient (Wildman–Crippen LogP) is 3.90. The fourth-order valence-corrected chi connectivity index (χ4v) is 2.52. The highest BCUT2D eigenvalue weighted by Gasteiger charge is 2.16. The standard InChI is InChI=1S/C17H17F2N3O/c1-11(20-8-13-5-6-23-10-13)15-9-21-22(12(15)2)17-4-3-14(18)7-16(17)19/h3-7,9-11,20H,8H2,1-2H3. The highest BCUT2D eigenvalue weighted by Crippen LogP contribution is 2.22. The second-order valence-corrected chi connectivity index (χ2v) is 5.43. The Kier molecular flexibility index (Phi) is 4.25. The van der Waals surface area contributed by atoms with Crippen molar-refractivity contribution in [1.82, 2.24) is 15.1 Å². The van der Waals surface area contributed by atoms with Crippen LogP contribution in [0.2, 0.25) is 0 Å². The van der Waals surface area contributed by atoms with E-state index in [9.17, 15) is 8.78 Å². The summed E-state index contributed by atoms with van der Waals surface area (Å²) in [6.07, 6.45) is 5.01. The molecule has 0 radical (unpaired) electrons. The molecule has 2 heterocycles. The van der Waals surface area contributed by atoms with E-state index in [-0.39, 0.29) is 11.7 Å². The third kappa shape index (κ3) is 3.17. The molecule has 1 aromatic carbocycles. The number of hydrogen-bond acceptors (Lipinski definition) is 3. The molecule has 0 saturated carbocycles. The van der Waals surface area contributed by atoms with Crippen LogP contribution >= 0.6 is 0 Å². The molecule has 2 aromatic heterocycles. The lowest BCUT2D eigenvalue weighted by atomic mass is 10.1. The number of furan rings is 1. The van der Waals surface area contributed by atoms with Crippen molar-refractivity contribution >= 4 is 0 Å². The Morgan fingerprint density at radius 3 is 2.83 bits per heavy atom. The average Bonchev–Trinajstić information content (AvgIpc) is 3.15. The second kappa shape index (κ2) is 6.34. The van der Waals surface area contributed by atoms with Crippen LogP contribution in [0.15, 0.2) is 47.4 Å². The number of rotatable bonds is 5. The van der Waals surface area contributed by atoms with Crippen molar-refractivity contribution in [3.8, 4) is 5.69 Å². The van der Waals surface area contributed by atoms with Crippen LogP contribution in [0.3, 0.4) is 0 Å². The predicted molar refractivity (Wildman–Crippen MR) is 82.2 cm³/mol. The van der Waals surface area contributed by atoms with E-state index in [0.717, 1.165) is 22.9 Å². The zero-order valence-electron chi connectivity index (χ0n) is 12.9. The highest BCUT2D eigenvalue weighted by molar-refractivity contribution is 5.37. The molecular weight excluding hydrogens is 300 g/mol. The van der Waals surface area contributed by atoms with E-state index in [1.807, 2.05) is 19.9 Å². The van der Waals surface area contributed by atoms with Gasteiger partial charge in [-0.05, 0) is 32.0 Å². The van der Waals surface area contributed by atoms with E-state index in [1.165, 1.54) is 16.8 Å². The van der Waals surface area contributed by atoms with E-state index < -0.39 is 11.6 Å². The third-order valence-corrected chi connectivity index (χ3v) is 3.84. The molecule has 0 amide bonds. The number of aromatic nitrogens is 2. The number of nitrogens with zero attached hydrogens (tertiary/aromatic N) is 2. The normalized spacial score (nSPS) is 12.5. The molecular formula is C17H17F2N3O. The quantitative estimate of drug-likeness (QED) is 0.776. The van der Waals surface area contributed by atoms with E-state index in [4.69, 9.17) is 4.42 Å². The van der Waals surface area contributed by atoms with Gasteiger partial charge in [0.15, 0.2) is 5.82 Å². The maximum atomic E-state index is 13.9.